The molecule has 2 heterocycles. The van der Waals surface area contributed by atoms with Gasteiger partial charge in [-0.2, -0.15) is 0 Å². The molecule has 10 nitrogen and oxygen atoms in total. The summed E-state index contributed by atoms with van der Waals surface area (Å²) in [7, 11) is 3.10. The summed E-state index contributed by atoms with van der Waals surface area (Å²) in [5.74, 6) is 1.06. The van der Waals surface area contributed by atoms with Crippen LogP contribution in [0.1, 0.15) is 15.9 Å². The number of carbonyl (C=O) groups excluding carboxylic acids is 2. The van der Waals surface area contributed by atoms with Crippen molar-refractivity contribution in [2.75, 3.05) is 40.4 Å². The van der Waals surface area contributed by atoms with E-state index in [1.165, 1.54) is 6.33 Å². The summed E-state index contributed by atoms with van der Waals surface area (Å²) in [5, 5.41) is 11.1. The van der Waals surface area contributed by atoms with Crippen molar-refractivity contribution < 1.29 is 19.1 Å². The highest BCUT2D eigenvalue weighted by Gasteiger charge is 2.25. The number of aromatic nitrogens is 4. The Kier molecular flexibility index (Phi) is 6.29. The zero-order valence-corrected chi connectivity index (χ0v) is 18.0. The molecule has 2 amide bonds. The number of ether oxygens (including phenoxy) is 2. The van der Waals surface area contributed by atoms with Gasteiger partial charge in [-0.25, -0.2) is 4.68 Å². The van der Waals surface area contributed by atoms with Crippen molar-refractivity contribution in [3.05, 3.63) is 59.9 Å². The lowest BCUT2D eigenvalue weighted by atomic mass is 10.1. The Morgan fingerprint density at radius 2 is 1.53 bits per heavy atom. The molecule has 0 atom stereocenters. The maximum absolute atomic E-state index is 12.9. The van der Waals surface area contributed by atoms with Gasteiger partial charge in [0.05, 0.1) is 26.3 Å². The lowest BCUT2D eigenvalue weighted by Gasteiger charge is -2.35. The summed E-state index contributed by atoms with van der Waals surface area (Å²) >= 11 is 0. The van der Waals surface area contributed by atoms with E-state index in [4.69, 9.17) is 9.47 Å². The molecule has 3 aromatic rings. The zero-order chi connectivity index (χ0) is 22.5. The van der Waals surface area contributed by atoms with Gasteiger partial charge in [0.2, 0.25) is 5.91 Å². The van der Waals surface area contributed by atoms with E-state index >= 15 is 0 Å². The van der Waals surface area contributed by atoms with Crippen LogP contribution in [0.4, 0.5) is 0 Å². The van der Waals surface area contributed by atoms with Crippen LogP contribution in [0.2, 0.25) is 0 Å². The molecule has 0 radical (unpaired) electrons. The molecule has 0 aliphatic carbocycles. The lowest BCUT2D eigenvalue weighted by molar-refractivity contribution is -0.131. The van der Waals surface area contributed by atoms with Crippen molar-refractivity contribution in [1.29, 1.82) is 0 Å². The molecule has 1 aromatic heterocycles. The predicted octanol–water partition coefficient (Wildman–Crippen LogP) is 1.21. The fourth-order valence-electron chi connectivity index (χ4n) is 3.60. The van der Waals surface area contributed by atoms with Crippen LogP contribution >= 0.6 is 0 Å². The van der Waals surface area contributed by atoms with E-state index in [1.807, 2.05) is 24.3 Å². The monoisotopic (exact) mass is 436 g/mol. The molecule has 1 aliphatic rings. The average molecular weight is 436 g/mol. The largest absolute Gasteiger partial charge is 0.497 e. The van der Waals surface area contributed by atoms with Gasteiger partial charge in [0.25, 0.3) is 5.91 Å². The highest BCUT2D eigenvalue weighted by Crippen LogP contribution is 2.24. The van der Waals surface area contributed by atoms with Crippen molar-refractivity contribution in [3.63, 3.8) is 0 Å². The van der Waals surface area contributed by atoms with Crippen molar-refractivity contribution >= 4 is 11.8 Å². The first-order valence-corrected chi connectivity index (χ1v) is 10.2. The Balaban J connectivity index is 1.33. The maximum atomic E-state index is 12.9. The first kappa shape index (κ1) is 21.3. The molecule has 1 aliphatic heterocycles. The molecule has 32 heavy (non-hydrogen) atoms. The van der Waals surface area contributed by atoms with Gasteiger partial charge < -0.3 is 19.3 Å². The van der Waals surface area contributed by atoms with Crippen LogP contribution in [0, 0.1) is 0 Å². The van der Waals surface area contributed by atoms with E-state index in [0.717, 1.165) is 11.3 Å². The molecular formula is C22H24N6O4. The minimum Gasteiger partial charge on any atom is -0.497 e. The number of nitrogens with zero attached hydrogens (tertiary/aromatic N) is 6. The van der Waals surface area contributed by atoms with E-state index in [-0.39, 0.29) is 11.8 Å². The molecular weight excluding hydrogens is 412 g/mol. The second-order valence-corrected chi connectivity index (χ2v) is 7.37. The van der Waals surface area contributed by atoms with Crippen LogP contribution in [-0.2, 0) is 11.2 Å². The van der Waals surface area contributed by atoms with E-state index in [1.54, 1.807) is 46.9 Å². The molecule has 0 spiro atoms. The predicted molar refractivity (Wildman–Crippen MR) is 115 cm³/mol. The minimum absolute atomic E-state index is 0.0373. The van der Waals surface area contributed by atoms with Crippen molar-refractivity contribution in [3.8, 4) is 17.2 Å². The smallest absolute Gasteiger partial charge is 0.254 e. The standard InChI is InChI=1S/C22H24N6O4/c1-31-19-12-17(13-20(14-19)32-2)22(30)27-9-7-26(8-10-27)21(29)11-16-3-5-18(6-4-16)28-15-23-24-25-28/h3-6,12-15H,7-11H2,1-2H3. The maximum Gasteiger partial charge on any atom is 0.254 e. The van der Waals surface area contributed by atoms with Gasteiger partial charge in [-0.05, 0) is 40.3 Å². The minimum atomic E-state index is -0.104. The number of hydrogen-bond acceptors (Lipinski definition) is 7. The highest BCUT2D eigenvalue weighted by atomic mass is 16.5. The second-order valence-electron chi connectivity index (χ2n) is 7.37. The number of tetrazole rings is 1. The Labute approximate surface area is 185 Å². The fraction of sp³-hybridized carbons (Fsp3) is 0.318. The third-order valence-corrected chi connectivity index (χ3v) is 5.42. The average Bonchev–Trinajstić information content (AvgIpc) is 3.39. The number of piperazine rings is 1. The van der Waals surface area contributed by atoms with Gasteiger partial charge in [0.1, 0.15) is 17.8 Å². The molecule has 4 rings (SSSR count). The van der Waals surface area contributed by atoms with Crippen molar-refractivity contribution in [2.45, 2.75) is 6.42 Å². The molecule has 1 fully saturated rings. The van der Waals surface area contributed by atoms with E-state index in [0.29, 0.717) is 49.7 Å². The van der Waals surface area contributed by atoms with Crippen LogP contribution in [0.25, 0.3) is 5.69 Å². The molecule has 2 aromatic carbocycles. The highest BCUT2D eigenvalue weighted by molar-refractivity contribution is 5.95. The number of amides is 2. The summed E-state index contributed by atoms with van der Waals surface area (Å²) in [4.78, 5) is 29.2. The molecule has 166 valence electrons. The third-order valence-electron chi connectivity index (χ3n) is 5.42. The molecule has 0 N–H and O–H groups in total. The van der Waals surface area contributed by atoms with E-state index in [2.05, 4.69) is 15.5 Å². The van der Waals surface area contributed by atoms with Gasteiger partial charge in [-0.1, -0.05) is 12.1 Å². The Morgan fingerprint density at radius 1 is 0.906 bits per heavy atom. The van der Waals surface area contributed by atoms with Crippen LogP contribution in [0.15, 0.2) is 48.8 Å². The number of rotatable bonds is 6. The molecule has 1 saturated heterocycles. The summed E-state index contributed by atoms with van der Waals surface area (Å²) in [6, 6.07) is 12.7. The number of carbonyl (C=O) groups is 2. The third kappa shape index (κ3) is 4.69. The van der Waals surface area contributed by atoms with Gasteiger partial charge >= 0.3 is 0 Å². The second kappa shape index (κ2) is 9.46. The SMILES string of the molecule is COc1cc(OC)cc(C(=O)N2CCN(C(=O)Cc3ccc(-n4cnnn4)cc3)CC2)c1. The summed E-state index contributed by atoms with van der Waals surface area (Å²) in [6.45, 7) is 1.94. The van der Waals surface area contributed by atoms with Crippen molar-refractivity contribution in [2.24, 2.45) is 0 Å². The van der Waals surface area contributed by atoms with Gasteiger partial charge in [0.15, 0.2) is 0 Å². The summed E-state index contributed by atoms with van der Waals surface area (Å²) in [5.41, 5.74) is 2.24. The fourth-order valence-corrected chi connectivity index (χ4v) is 3.60. The Morgan fingerprint density at radius 3 is 2.09 bits per heavy atom. The molecule has 10 heteroatoms. The van der Waals surface area contributed by atoms with Gasteiger partial charge in [-0.15, -0.1) is 5.10 Å². The van der Waals surface area contributed by atoms with Gasteiger partial charge in [0, 0.05) is 37.8 Å². The zero-order valence-electron chi connectivity index (χ0n) is 18.0. The normalized spacial score (nSPS) is 13.7. The van der Waals surface area contributed by atoms with Crippen molar-refractivity contribution in [1.82, 2.24) is 30.0 Å². The number of methoxy groups -OCH3 is 2. The van der Waals surface area contributed by atoms with E-state index in [9.17, 15) is 9.59 Å². The lowest BCUT2D eigenvalue weighted by Crippen LogP contribution is -2.51. The van der Waals surface area contributed by atoms with Crippen LogP contribution < -0.4 is 9.47 Å². The first-order valence-electron chi connectivity index (χ1n) is 10.2. The molecule has 0 saturated carbocycles. The number of benzene rings is 2. The summed E-state index contributed by atoms with van der Waals surface area (Å²) in [6.07, 6.45) is 1.82. The Bertz CT molecular complexity index is 1050. The topological polar surface area (TPSA) is 103 Å². The number of hydrogen-bond donors (Lipinski definition) is 0. The van der Waals surface area contributed by atoms with E-state index < -0.39 is 0 Å². The Hall–Kier alpha value is -3.95. The van der Waals surface area contributed by atoms with Crippen LogP contribution in [-0.4, -0.2) is 82.2 Å². The molecule has 0 unspecified atom stereocenters. The first-order chi connectivity index (χ1) is 15.6. The quantitative estimate of drug-likeness (QED) is 0.572. The van der Waals surface area contributed by atoms with Crippen LogP contribution in [0.3, 0.4) is 0 Å². The van der Waals surface area contributed by atoms with Crippen LogP contribution in [0.5, 0.6) is 11.5 Å². The molecule has 0 bridgehead atoms. The van der Waals surface area contributed by atoms with Gasteiger partial charge in [-0.3, -0.25) is 9.59 Å². The summed E-state index contributed by atoms with van der Waals surface area (Å²) < 4.78 is 12.1.